The monoisotopic (exact) mass is 248 g/mol. The lowest BCUT2D eigenvalue weighted by molar-refractivity contribution is 0.100. The second-order valence-corrected chi connectivity index (χ2v) is 4.90. The van der Waals surface area contributed by atoms with Gasteiger partial charge in [0.1, 0.15) is 5.75 Å². The number of anilines is 1. The van der Waals surface area contributed by atoms with E-state index in [1.54, 1.807) is 18.2 Å². The highest BCUT2D eigenvalue weighted by Crippen LogP contribution is 2.28. The third-order valence-electron chi connectivity index (χ3n) is 3.53. The summed E-state index contributed by atoms with van der Waals surface area (Å²) in [6.07, 6.45) is 6.33. The van der Waals surface area contributed by atoms with Crippen molar-refractivity contribution in [3.05, 3.63) is 23.8 Å². The van der Waals surface area contributed by atoms with Crippen LogP contribution in [0.3, 0.4) is 0 Å². The van der Waals surface area contributed by atoms with Gasteiger partial charge in [-0.1, -0.05) is 25.3 Å². The third-order valence-corrected chi connectivity index (χ3v) is 3.53. The van der Waals surface area contributed by atoms with Gasteiger partial charge in [-0.2, -0.15) is 0 Å². The molecule has 1 aliphatic carbocycles. The number of benzene rings is 1. The summed E-state index contributed by atoms with van der Waals surface area (Å²) in [6, 6.07) is 5.14. The Bertz CT molecular complexity index is 426. The van der Waals surface area contributed by atoms with Crippen molar-refractivity contribution < 1.29 is 9.53 Å². The number of primary amides is 1. The molecule has 4 nitrogen and oxygen atoms in total. The molecule has 0 radical (unpaired) electrons. The van der Waals surface area contributed by atoms with Crippen LogP contribution < -0.4 is 16.2 Å². The number of para-hydroxylation sites is 1. The summed E-state index contributed by atoms with van der Waals surface area (Å²) >= 11 is 0. The van der Waals surface area contributed by atoms with Crippen LogP contribution in [-0.4, -0.2) is 12.5 Å². The van der Waals surface area contributed by atoms with Gasteiger partial charge in [0.2, 0.25) is 0 Å². The average Bonchev–Trinajstić information content (AvgIpc) is 2.38. The van der Waals surface area contributed by atoms with E-state index in [1.807, 2.05) is 0 Å². The van der Waals surface area contributed by atoms with Gasteiger partial charge < -0.3 is 16.2 Å². The van der Waals surface area contributed by atoms with Crippen LogP contribution >= 0.6 is 0 Å². The van der Waals surface area contributed by atoms with E-state index < -0.39 is 5.91 Å². The molecular weight excluding hydrogens is 228 g/mol. The lowest BCUT2D eigenvalue weighted by atomic mass is 9.90. The zero-order valence-electron chi connectivity index (χ0n) is 10.5. The van der Waals surface area contributed by atoms with Crippen LogP contribution in [-0.2, 0) is 0 Å². The third kappa shape index (κ3) is 2.94. The van der Waals surface area contributed by atoms with E-state index in [0.29, 0.717) is 29.5 Å². The SMILES string of the molecule is NC(=O)c1cccc(OCC2CCCCC2)c1N. The van der Waals surface area contributed by atoms with Crippen LogP contribution in [0.25, 0.3) is 0 Å². The predicted octanol–water partition coefficient (Wildman–Crippen LogP) is 2.33. The van der Waals surface area contributed by atoms with Gasteiger partial charge in [0.05, 0.1) is 17.9 Å². The topological polar surface area (TPSA) is 78.3 Å². The van der Waals surface area contributed by atoms with Crippen molar-refractivity contribution in [3.8, 4) is 5.75 Å². The normalized spacial score (nSPS) is 16.4. The minimum absolute atomic E-state index is 0.330. The highest BCUT2D eigenvalue weighted by atomic mass is 16.5. The Hall–Kier alpha value is -1.71. The molecule has 1 aromatic carbocycles. The Morgan fingerprint density at radius 3 is 2.67 bits per heavy atom. The fraction of sp³-hybridized carbons (Fsp3) is 0.500. The zero-order valence-corrected chi connectivity index (χ0v) is 10.5. The molecule has 18 heavy (non-hydrogen) atoms. The maximum Gasteiger partial charge on any atom is 0.250 e. The molecule has 0 unspecified atom stereocenters. The number of hydrogen-bond donors (Lipinski definition) is 2. The number of carbonyl (C=O) groups is 1. The van der Waals surface area contributed by atoms with E-state index in [1.165, 1.54) is 32.1 Å². The minimum atomic E-state index is -0.518. The maximum absolute atomic E-state index is 11.2. The molecular formula is C14H20N2O2. The highest BCUT2D eigenvalue weighted by molar-refractivity contribution is 5.99. The van der Waals surface area contributed by atoms with Crippen LogP contribution in [0.5, 0.6) is 5.75 Å². The molecule has 1 amide bonds. The number of ether oxygens (including phenoxy) is 1. The molecule has 0 bridgehead atoms. The molecule has 98 valence electrons. The van der Waals surface area contributed by atoms with Crippen molar-refractivity contribution in [1.29, 1.82) is 0 Å². The summed E-state index contributed by atoms with van der Waals surface area (Å²) < 4.78 is 5.73. The van der Waals surface area contributed by atoms with E-state index >= 15 is 0 Å². The van der Waals surface area contributed by atoms with Gasteiger partial charge in [0.15, 0.2) is 0 Å². The first kappa shape index (κ1) is 12.7. The average molecular weight is 248 g/mol. The summed E-state index contributed by atoms with van der Waals surface area (Å²) in [5.41, 5.74) is 11.8. The summed E-state index contributed by atoms with van der Waals surface area (Å²) in [5.74, 6) is 0.655. The lowest BCUT2D eigenvalue weighted by Crippen LogP contribution is -2.17. The van der Waals surface area contributed by atoms with Crippen LogP contribution in [0.15, 0.2) is 18.2 Å². The smallest absolute Gasteiger partial charge is 0.250 e. The quantitative estimate of drug-likeness (QED) is 0.803. The molecule has 1 aliphatic rings. The van der Waals surface area contributed by atoms with E-state index in [2.05, 4.69) is 0 Å². The summed E-state index contributed by atoms with van der Waals surface area (Å²) in [7, 11) is 0. The first-order valence-corrected chi connectivity index (χ1v) is 6.49. The number of carbonyl (C=O) groups excluding carboxylic acids is 1. The van der Waals surface area contributed by atoms with Crippen molar-refractivity contribution in [2.75, 3.05) is 12.3 Å². The lowest BCUT2D eigenvalue weighted by Gasteiger charge is -2.22. The molecule has 0 aromatic heterocycles. The van der Waals surface area contributed by atoms with E-state index in [0.717, 1.165) is 0 Å². The molecule has 1 saturated carbocycles. The molecule has 0 atom stereocenters. The molecule has 0 aliphatic heterocycles. The van der Waals surface area contributed by atoms with Gasteiger partial charge >= 0.3 is 0 Å². The molecule has 4 N–H and O–H groups in total. The van der Waals surface area contributed by atoms with Crippen molar-refractivity contribution >= 4 is 11.6 Å². The van der Waals surface area contributed by atoms with Gasteiger partial charge in [-0.25, -0.2) is 0 Å². The minimum Gasteiger partial charge on any atom is -0.491 e. The predicted molar refractivity (Wildman–Crippen MR) is 71.4 cm³/mol. The Kier molecular flexibility index (Phi) is 4.07. The summed E-state index contributed by atoms with van der Waals surface area (Å²) in [6.45, 7) is 0.673. The first-order valence-electron chi connectivity index (χ1n) is 6.49. The second kappa shape index (κ2) is 5.76. The van der Waals surface area contributed by atoms with Gasteiger partial charge in [0, 0.05) is 0 Å². The summed E-state index contributed by atoms with van der Waals surface area (Å²) in [5, 5.41) is 0. The Morgan fingerprint density at radius 2 is 2.00 bits per heavy atom. The molecule has 1 fully saturated rings. The number of rotatable bonds is 4. The zero-order chi connectivity index (χ0) is 13.0. The van der Waals surface area contributed by atoms with Crippen molar-refractivity contribution in [1.82, 2.24) is 0 Å². The van der Waals surface area contributed by atoms with Gasteiger partial charge in [0.25, 0.3) is 5.91 Å². The number of amides is 1. The van der Waals surface area contributed by atoms with Crippen molar-refractivity contribution in [2.24, 2.45) is 11.7 Å². The van der Waals surface area contributed by atoms with Crippen molar-refractivity contribution in [2.45, 2.75) is 32.1 Å². The molecule has 2 rings (SSSR count). The summed E-state index contributed by atoms with van der Waals surface area (Å²) in [4.78, 5) is 11.2. The maximum atomic E-state index is 11.2. The van der Waals surface area contributed by atoms with Crippen LogP contribution in [0.1, 0.15) is 42.5 Å². The number of nitrogens with two attached hydrogens (primary N) is 2. The Balaban J connectivity index is 2.00. The Labute approximate surface area is 107 Å². The molecule has 4 heteroatoms. The van der Waals surface area contributed by atoms with Gasteiger partial charge in [-0.05, 0) is 30.9 Å². The van der Waals surface area contributed by atoms with Gasteiger partial charge in [-0.3, -0.25) is 4.79 Å². The number of hydrogen-bond acceptors (Lipinski definition) is 3. The standard InChI is InChI=1S/C14H20N2O2/c15-13-11(14(16)17)7-4-8-12(13)18-9-10-5-2-1-3-6-10/h4,7-8,10H,1-3,5-6,9,15H2,(H2,16,17). The van der Waals surface area contributed by atoms with E-state index in [4.69, 9.17) is 16.2 Å². The van der Waals surface area contributed by atoms with Crippen LogP contribution in [0, 0.1) is 5.92 Å². The highest BCUT2D eigenvalue weighted by Gasteiger charge is 2.16. The Morgan fingerprint density at radius 1 is 1.28 bits per heavy atom. The van der Waals surface area contributed by atoms with Crippen molar-refractivity contribution in [3.63, 3.8) is 0 Å². The molecule has 1 aromatic rings. The van der Waals surface area contributed by atoms with Gasteiger partial charge in [-0.15, -0.1) is 0 Å². The fourth-order valence-corrected chi connectivity index (χ4v) is 2.45. The van der Waals surface area contributed by atoms with E-state index in [9.17, 15) is 4.79 Å². The van der Waals surface area contributed by atoms with Crippen LogP contribution in [0.4, 0.5) is 5.69 Å². The number of nitrogen functional groups attached to an aromatic ring is 1. The largest absolute Gasteiger partial charge is 0.491 e. The molecule has 0 spiro atoms. The molecule has 0 heterocycles. The fourth-order valence-electron chi connectivity index (χ4n) is 2.45. The van der Waals surface area contributed by atoms with E-state index in [-0.39, 0.29) is 0 Å². The second-order valence-electron chi connectivity index (χ2n) is 4.90. The molecule has 0 saturated heterocycles. The van der Waals surface area contributed by atoms with Crippen LogP contribution in [0.2, 0.25) is 0 Å². The first-order chi connectivity index (χ1) is 8.68.